The molecule has 126 valence electrons. The van der Waals surface area contributed by atoms with Crippen LogP contribution in [0.25, 0.3) is 0 Å². The summed E-state index contributed by atoms with van der Waals surface area (Å²) >= 11 is 0. The van der Waals surface area contributed by atoms with E-state index in [0.717, 1.165) is 25.0 Å². The van der Waals surface area contributed by atoms with E-state index in [-0.39, 0.29) is 6.04 Å². The lowest BCUT2D eigenvalue weighted by atomic mass is 9.97. The third kappa shape index (κ3) is 2.93. The first-order valence-corrected chi connectivity index (χ1v) is 8.81. The summed E-state index contributed by atoms with van der Waals surface area (Å²) in [4.78, 5) is 2.39. The summed E-state index contributed by atoms with van der Waals surface area (Å²) in [5.74, 6) is 0. The highest BCUT2D eigenvalue weighted by Crippen LogP contribution is 2.36. The zero-order valence-corrected chi connectivity index (χ0v) is 15.4. The second-order valence-electron chi connectivity index (χ2n) is 7.06. The summed E-state index contributed by atoms with van der Waals surface area (Å²) in [6.45, 7) is 18.0. The number of anilines is 1. The van der Waals surface area contributed by atoms with Crippen molar-refractivity contribution in [2.75, 3.05) is 11.4 Å². The third-order valence-electron chi connectivity index (χ3n) is 5.16. The van der Waals surface area contributed by atoms with Gasteiger partial charge < -0.3 is 10.2 Å². The van der Waals surface area contributed by atoms with Crippen LogP contribution in [0.1, 0.15) is 51.3 Å². The molecule has 2 heteroatoms. The molecule has 2 aliphatic rings. The van der Waals surface area contributed by atoms with Gasteiger partial charge in [-0.3, -0.25) is 0 Å². The van der Waals surface area contributed by atoms with Crippen molar-refractivity contribution in [2.45, 2.75) is 46.6 Å². The quantitative estimate of drug-likeness (QED) is 0.797. The summed E-state index contributed by atoms with van der Waals surface area (Å²) in [6, 6.07) is 7.17. The third-order valence-corrected chi connectivity index (χ3v) is 5.16. The molecule has 24 heavy (non-hydrogen) atoms. The number of nitrogens with zero attached hydrogens (tertiary/aromatic N) is 1. The number of benzene rings is 1. The van der Waals surface area contributed by atoms with Gasteiger partial charge in [-0.05, 0) is 73.2 Å². The Bertz CT molecular complexity index is 764. The summed E-state index contributed by atoms with van der Waals surface area (Å²) in [7, 11) is 0. The van der Waals surface area contributed by atoms with Crippen molar-refractivity contribution in [3.05, 3.63) is 76.7 Å². The maximum atomic E-state index is 4.23. The maximum absolute atomic E-state index is 4.23. The van der Waals surface area contributed by atoms with Gasteiger partial charge >= 0.3 is 0 Å². The maximum Gasteiger partial charge on any atom is 0.0760 e. The predicted octanol–water partition coefficient (Wildman–Crippen LogP) is 5.41. The van der Waals surface area contributed by atoms with Crippen LogP contribution >= 0.6 is 0 Å². The van der Waals surface area contributed by atoms with E-state index in [2.05, 4.69) is 75.3 Å². The highest BCUT2D eigenvalue weighted by Gasteiger charge is 2.24. The van der Waals surface area contributed by atoms with Gasteiger partial charge in [0.15, 0.2) is 0 Å². The molecule has 3 rings (SSSR count). The van der Waals surface area contributed by atoms with Gasteiger partial charge in [-0.1, -0.05) is 32.6 Å². The lowest BCUT2D eigenvalue weighted by Gasteiger charge is -2.24. The summed E-state index contributed by atoms with van der Waals surface area (Å²) in [5, 5.41) is 3.55. The van der Waals surface area contributed by atoms with Gasteiger partial charge in [-0.15, -0.1) is 0 Å². The van der Waals surface area contributed by atoms with E-state index in [9.17, 15) is 0 Å². The van der Waals surface area contributed by atoms with Crippen molar-refractivity contribution in [2.24, 2.45) is 0 Å². The van der Waals surface area contributed by atoms with Gasteiger partial charge in [0.25, 0.3) is 0 Å². The molecule has 1 unspecified atom stereocenters. The first-order valence-electron chi connectivity index (χ1n) is 8.81. The molecule has 0 aliphatic carbocycles. The highest BCUT2D eigenvalue weighted by molar-refractivity contribution is 5.63. The van der Waals surface area contributed by atoms with Crippen LogP contribution in [0.4, 0.5) is 5.69 Å². The van der Waals surface area contributed by atoms with E-state index in [1.165, 1.54) is 39.4 Å². The minimum Gasteiger partial charge on any atom is -0.378 e. The van der Waals surface area contributed by atoms with E-state index in [1.807, 2.05) is 0 Å². The van der Waals surface area contributed by atoms with Gasteiger partial charge in [0.05, 0.1) is 6.04 Å². The molecular formula is C22H28N2. The Morgan fingerprint density at radius 2 is 1.92 bits per heavy atom. The molecule has 0 radical (unpaired) electrons. The molecule has 0 spiro atoms. The highest BCUT2D eigenvalue weighted by atomic mass is 15.2. The Kier molecular flexibility index (Phi) is 4.40. The van der Waals surface area contributed by atoms with Crippen LogP contribution in [0.3, 0.4) is 0 Å². The molecule has 0 amide bonds. The van der Waals surface area contributed by atoms with Crippen LogP contribution < -0.4 is 10.2 Å². The van der Waals surface area contributed by atoms with Gasteiger partial charge in [0, 0.05) is 23.6 Å². The monoisotopic (exact) mass is 320 g/mol. The van der Waals surface area contributed by atoms with E-state index < -0.39 is 0 Å². The average molecular weight is 320 g/mol. The van der Waals surface area contributed by atoms with Crippen molar-refractivity contribution in [3.63, 3.8) is 0 Å². The fourth-order valence-electron chi connectivity index (χ4n) is 3.65. The Balaban J connectivity index is 2.01. The Labute approximate surface area is 146 Å². The Morgan fingerprint density at radius 1 is 1.17 bits per heavy atom. The smallest absolute Gasteiger partial charge is 0.0760 e. The first-order chi connectivity index (χ1) is 11.4. The molecular weight excluding hydrogens is 292 g/mol. The molecule has 1 aromatic carbocycles. The molecule has 0 saturated heterocycles. The molecule has 2 aliphatic heterocycles. The molecule has 1 aromatic rings. The lowest BCUT2D eigenvalue weighted by Crippen LogP contribution is -2.19. The minimum atomic E-state index is 0.191. The number of hydrogen-bond donors (Lipinski definition) is 1. The van der Waals surface area contributed by atoms with E-state index in [0.29, 0.717) is 0 Å². The fraction of sp³-hybridized carbons (Fsp3) is 0.364. The van der Waals surface area contributed by atoms with Gasteiger partial charge in [-0.25, -0.2) is 0 Å². The number of nitrogens with one attached hydrogen (secondary N) is 1. The molecule has 0 saturated carbocycles. The topological polar surface area (TPSA) is 15.3 Å². The van der Waals surface area contributed by atoms with Crippen molar-refractivity contribution in [1.82, 2.24) is 5.32 Å². The minimum absolute atomic E-state index is 0.191. The van der Waals surface area contributed by atoms with Crippen molar-refractivity contribution in [1.29, 1.82) is 0 Å². The van der Waals surface area contributed by atoms with Gasteiger partial charge in [-0.2, -0.15) is 0 Å². The molecule has 1 atom stereocenters. The van der Waals surface area contributed by atoms with Crippen LogP contribution in [0, 0.1) is 0 Å². The van der Waals surface area contributed by atoms with E-state index >= 15 is 0 Å². The van der Waals surface area contributed by atoms with Crippen LogP contribution in [-0.2, 0) is 6.42 Å². The zero-order valence-electron chi connectivity index (χ0n) is 15.4. The van der Waals surface area contributed by atoms with Crippen molar-refractivity contribution >= 4 is 5.69 Å². The molecule has 1 N–H and O–H groups in total. The lowest BCUT2D eigenvalue weighted by molar-refractivity contribution is 0.729. The van der Waals surface area contributed by atoms with Crippen LogP contribution in [0.5, 0.6) is 0 Å². The average Bonchev–Trinajstić information content (AvgIpc) is 3.01. The molecule has 2 heterocycles. The molecule has 0 bridgehead atoms. The predicted molar refractivity (Wildman–Crippen MR) is 104 cm³/mol. The Morgan fingerprint density at radius 3 is 2.46 bits per heavy atom. The van der Waals surface area contributed by atoms with Crippen molar-refractivity contribution < 1.29 is 0 Å². The normalized spacial score (nSPS) is 20.8. The molecule has 0 fully saturated rings. The Hall–Kier alpha value is -2.22. The van der Waals surface area contributed by atoms with E-state index in [1.54, 1.807) is 0 Å². The van der Waals surface area contributed by atoms with E-state index in [4.69, 9.17) is 0 Å². The van der Waals surface area contributed by atoms with Crippen LogP contribution in [0.15, 0.2) is 65.5 Å². The second-order valence-corrected chi connectivity index (χ2v) is 7.06. The molecule has 2 nitrogen and oxygen atoms in total. The molecule has 0 aromatic heterocycles. The van der Waals surface area contributed by atoms with Crippen molar-refractivity contribution in [3.8, 4) is 0 Å². The first kappa shape index (κ1) is 16.6. The van der Waals surface area contributed by atoms with Gasteiger partial charge in [0.1, 0.15) is 0 Å². The summed E-state index contributed by atoms with van der Waals surface area (Å²) < 4.78 is 0. The summed E-state index contributed by atoms with van der Waals surface area (Å²) in [6.07, 6.45) is 4.40. The number of aryl methyl sites for hydroxylation is 1. The number of rotatable bonds is 4. The number of allylic oxidation sites excluding steroid dienone is 2. The fourth-order valence-corrected chi connectivity index (χ4v) is 3.65. The van der Waals surface area contributed by atoms with Crippen LogP contribution in [-0.4, -0.2) is 6.54 Å². The standard InChI is InChI=1S/C22H28N2/c1-7-8-19-10-20(22-14(2)9-16(4)23-22)12-21(11-19)24-13-15(3)17(5)18(24)6/h9-12,22-23H,2-3,7-8,13H2,1,4-6H3. The number of hydrogen-bond acceptors (Lipinski definition) is 2. The zero-order chi connectivity index (χ0) is 17.4. The van der Waals surface area contributed by atoms with Gasteiger partial charge in [0.2, 0.25) is 0 Å². The SMILES string of the molecule is C=C1CN(c2cc(CCC)cc(C3NC(C)=CC3=C)c2)C(C)=C1C. The van der Waals surface area contributed by atoms with Crippen LogP contribution in [0.2, 0.25) is 0 Å². The second kappa shape index (κ2) is 6.35. The largest absolute Gasteiger partial charge is 0.378 e. The summed E-state index contributed by atoms with van der Waals surface area (Å²) in [5.41, 5.74) is 10.1.